The Morgan fingerprint density at radius 2 is 2.29 bits per heavy atom. The van der Waals surface area contributed by atoms with E-state index in [1.165, 1.54) is 0 Å². The predicted octanol–water partition coefficient (Wildman–Crippen LogP) is 1.72. The summed E-state index contributed by atoms with van der Waals surface area (Å²) in [6.45, 7) is 7.56. The van der Waals surface area contributed by atoms with Crippen molar-refractivity contribution in [3.63, 3.8) is 0 Å². The van der Waals surface area contributed by atoms with Gasteiger partial charge in [-0.3, -0.25) is 4.79 Å². The van der Waals surface area contributed by atoms with Crippen LogP contribution in [-0.4, -0.2) is 25.2 Å². The number of carbonyl (C=O) groups is 1. The van der Waals surface area contributed by atoms with Gasteiger partial charge in [0, 0.05) is 12.0 Å². The molecule has 1 amide bonds. The molecule has 1 saturated heterocycles. The average molecular weight is 199 g/mol. The van der Waals surface area contributed by atoms with Crippen LogP contribution in [0.25, 0.3) is 0 Å². The summed E-state index contributed by atoms with van der Waals surface area (Å²) in [5.41, 5.74) is -0.239. The van der Waals surface area contributed by atoms with Crippen molar-refractivity contribution in [2.75, 3.05) is 13.2 Å². The Morgan fingerprint density at radius 1 is 1.57 bits per heavy atom. The Kier molecular flexibility index (Phi) is 3.93. The minimum Gasteiger partial charge on any atom is -0.379 e. The molecule has 3 nitrogen and oxygen atoms in total. The van der Waals surface area contributed by atoms with Crippen LogP contribution in [-0.2, 0) is 9.53 Å². The van der Waals surface area contributed by atoms with E-state index in [1.54, 1.807) is 0 Å². The van der Waals surface area contributed by atoms with Crippen LogP contribution in [0.1, 0.15) is 40.0 Å². The fourth-order valence-electron chi connectivity index (χ4n) is 1.77. The number of rotatable bonds is 4. The van der Waals surface area contributed by atoms with Gasteiger partial charge in [0.1, 0.15) is 0 Å². The molecule has 1 aliphatic heterocycles. The Hall–Kier alpha value is -0.570. The molecule has 0 aromatic carbocycles. The molecule has 82 valence electrons. The van der Waals surface area contributed by atoms with Gasteiger partial charge in [0.25, 0.3) is 0 Å². The zero-order valence-electron chi connectivity index (χ0n) is 9.43. The van der Waals surface area contributed by atoms with Crippen molar-refractivity contribution in [2.45, 2.75) is 46.1 Å². The summed E-state index contributed by atoms with van der Waals surface area (Å²) in [7, 11) is 0. The van der Waals surface area contributed by atoms with Crippen LogP contribution in [0.15, 0.2) is 0 Å². The van der Waals surface area contributed by atoms with Crippen LogP contribution >= 0.6 is 0 Å². The first-order chi connectivity index (χ1) is 6.56. The number of hydrogen-bond acceptors (Lipinski definition) is 2. The minimum atomic E-state index is -0.239. The van der Waals surface area contributed by atoms with Gasteiger partial charge in [0.05, 0.1) is 12.6 Å². The quantitative estimate of drug-likeness (QED) is 0.748. The summed E-state index contributed by atoms with van der Waals surface area (Å²) in [5, 5.41) is 3.04. The molecule has 0 aromatic rings. The van der Waals surface area contributed by atoms with Gasteiger partial charge in [-0.25, -0.2) is 0 Å². The highest BCUT2D eigenvalue weighted by molar-refractivity contribution is 5.82. The van der Waals surface area contributed by atoms with Crippen molar-refractivity contribution >= 4 is 5.91 Å². The summed E-state index contributed by atoms with van der Waals surface area (Å²) in [6.07, 6.45) is 2.93. The molecule has 1 heterocycles. The van der Waals surface area contributed by atoms with E-state index in [4.69, 9.17) is 4.74 Å². The van der Waals surface area contributed by atoms with Crippen molar-refractivity contribution in [3.8, 4) is 0 Å². The highest BCUT2D eigenvalue weighted by Gasteiger charge is 2.29. The molecule has 0 saturated carbocycles. The lowest BCUT2D eigenvalue weighted by Gasteiger charge is -2.24. The van der Waals surface area contributed by atoms with E-state index in [1.807, 2.05) is 13.8 Å². The Labute approximate surface area is 86.2 Å². The molecule has 1 atom stereocenters. The molecule has 1 rings (SSSR count). The van der Waals surface area contributed by atoms with Crippen LogP contribution in [0.4, 0.5) is 0 Å². The molecule has 0 aliphatic carbocycles. The second-order valence-corrected chi connectivity index (χ2v) is 4.67. The first kappa shape index (κ1) is 11.5. The summed E-state index contributed by atoms with van der Waals surface area (Å²) < 4.78 is 5.22. The van der Waals surface area contributed by atoms with Gasteiger partial charge >= 0.3 is 0 Å². The lowest BCUT2D eigenvalue weighted by Crippen LogP contribution is -2.43. The van der Waals surface area contributed by atoms with E-state index in [9.17, 15) is 4.79 Å². The number of carbonyl (C=O) groups excluding carboxylic acids is 1. The molecule has 0 aromatic heterocycles. The van der Waals surface area contributed by atoms with E-state index in [0.29, 0.717) is 6.61 Å². The van der Waals surface area contributed by atoms with Gasteiger partial charge in [-0.1, -0.05) is 27.2 Å². The van der Waals surface area contributed by atoms with Gasteiger partial charge < -0.3 is 10.1 Å². The SMILES string of the molecule is CCCC(C)(C)C(=O)NC1CCOC1. The van der Waals surface area contributed by atoms with Crippen molar-refractivity contribution < 1.29 is 9.53 Å². The molecule has 1 aliphatic rings. The third-order valence-electron chi connectivity index (χ3n) is 2.75. The fourth-order valence-corrected chi connectivity index (χ4v) is 1.77. The van der Waals surface area contributed by atoms with Gasteiger partial charge in [0.2, 0.25) is 5.91 Å². The van der Waals surface area contributed by atoms with Gasteiger partial charge in [-0.15, -0.1) is 0 Å². The normalized spacial score (nSPS) is 22.4. The van der Waals surface area contributed by atoms with Crippen LogP contribution in [0.3, 0.4) is 0 Å². The first-order valence-corrected chi connectivity index (χ1v) is 5.45. The molecule has 0 radical (unpaired) electrons. The van der Waals surface area contributed by atoms with Gasteiger partial charge in [-0.05, 0) is 12.8 Å². The fraction of sp³-hybridized carbons (Fsp3) is 0.909. The maximum Gasteiger partial charge on any atom is 0.225 e. The van der Waals surface area contributed by atoms with Gasteiger partial charge in [-0.2, -0.15) is 0 Å². The zero-order chi connectivity index (χ0) is 10.6. The molecule has 1 unspecified atom stereocenters. The second kappa shape index (κ2) is 4.78. The Bertz CT molecular complexity index is 195. The van der Waals surface area contributed by atoms with Crippen LogP contribution in [0.5, 0.6) is 0 Å². The lowest BCUT2D eigenvalue weighted by atomic mass is 9.87. The molecule has 3 heteroatoms. The maximum absolute atomic E-state index is 11.8. The predicted molar refractivity (Wildman–Crippen MR) is 56.1 cm³/mol. The summed E-state index contributed by atoms with van der Waals surface area (Å²) >= 11 is 0. The van der Waals surface area contributed by atoms with E-state index in [-0.39, 0.29) is 17.4 Å². The summed E-state index contributed by atoms with van der Waals surface area (Å²) in [6, 6.07) is 0.235. The molecule has 0 bridgehead atoms. The number of ether oxygens (including phenoxy) is 1. The second-order valence-electron chi connectivity index (χ2n) is 4.67. The highest BCUT2D eigenvalue weighted by Crippen LogP contribution is 2.22. The summed E-state index contributed by atoms with van der Waals surface area (Å²) in [5.74, 6) is 0.162. The molecular formula is C11H21NO2. The highest BCUT2D eigenvalue weighted by atomic mass is 16.5. The monoisotopic (exact) mass is 199 g/mol. The van der Waals surface area contributed by atoms with Crippen LogP contribution in [0.2, 0.25) is 0 Å². The standard InChI is InChI=1S/C11H21NO2/c1-4-6-11(2,3)10(13)12-9-5-7-14-8-9/h9H,4-8H2,1-3H3,(H,12,13). The zero-order valence-corrected chi connectivity index (χ0v) is 9.43. The maximum atomic E-state index is 11.8. The summed E-state index contributed by atoms with van der Waals surface area (Å²) in [4.78, 5) is 11.8. The van der Waals surface area contributed by atoms with Crippen molar-refractivity contribution in [3.05, 3.63) is 0 Å². The van der Waals surface area contributed by atoms with Crippen LogP contribution in [0, 0.1) is 5.41 Å². The third-order valence-corrected chi connectivity index (χ3v) is 2.75. The molecule has 0 spiro atoms. The largest absolute Gasteiger partial charge is 0.379 e. The van der Waals surface area contributed by atoms with Crippen LogP contribution < -0.4 is 5.32 Å². The molecule has 1 N–H and O–H groups in total. The van der Waals surface area contributed by atoms with E-state index >= 15 is 0 Å². The lowest BCUT2D eigenvalue weighted by molar-refractivity contribution is -0.130. The van der Waals surface area contributed by atoms with Crippen molar-refractivity contribution in [2.24, 2.45) is 5.41 Å². The number of hydrogen-bond donors (Lipinski definition) is 1. The average Bonchev–Trinajstić information content (AvgIpc) is 2.56. The van der Waals surface area contributed by atoms with Crippen molar-refractivity contribution in [1.82, 2.24) is 5.32 Å². The molecule has 14 heavy (non-hydrogen) atoms. The topological polar surface area (TPSA) is 38.3 Å². The third kappa shape index (κ3) is 2.98. The van der Waals surface area contributed by atoms with Gasteiger partial charge in [0.15, 0.2) is 0 Å². The smallest absolute Gasteiger partial charge is 0.225 e. The first-order valence-electron chi connectivity index (χ1n) is 5.45. The minimum absolute atomic E-state index is 0.162. The number of nitrogens with one attached hydrogen (secondary N) is 1. The van der Waals surface area contributed by atoms with E-state index in [2.05, 4.69) is 12.2 Å². The Balaban J connectivity index is 2.39. The van der Waals surface area contributed by atoms with E-state index in [0.717, 1.165) is 25.9 Å². The molecule has 1 fully saturated rings. The molecular weight excluding hydrogens is 178 g/mol. The Morgan fingerprint density at radius 3 is 2.79 bits per heavy atom. The van der Waals surface area contributed by atoms with Crippen molar-refractivity contribution in [1.29, 1.82) is 0 Å². The number of amides is 1. The van der Waals surface area contributed by atoms with E-state index < -0.39 is 0 Å².